The molecule has 2 amide bonds. The van der Waals surface area contributed by atoms with Gasteiger partial charge in [0, 0.05) is 6.42 Å². The predicted molar refractivity (Wildman–Crippen MR) is 31.3 cm³/mol. The van der Waals surface area contributed by atoms with Crippen LogP contribution >= 0.6 is 0 Å². The Labute approximate surface area is 52.7 Å². The maximum atomic E-state index is 10.2. The Balaban J connectivity index is 2.22. The number of carbonyl (C=O) groups is 1. The molecule has 4 nitrogen and oxygen atoms in total. The highest BCUT2D eigenvalue weighted by Gasteiger charge is 2.10. The van der Waals surface area contributed by atoms with Crippen molar-refractivity contribution in [3.63, 3.8) is 0 Å². The molecule has 0 radical (unpaired) electrons. The number of primary amides is 1. The fourth-order valence-corrected chi connectivity index (χ4v) is 0.637. The number of rotatable bonds is 1. The lowest BCUT2D eigenvalue weighted by Gasteiger charge is -2.08. The molecule has 0 aromatic heterocycles. The largest absolute Gasteiger partial charge is 0.478 e. The first-order valence-corrected chi connectivity index (χ1v) is 2.65. The second-order valence-electron chi connectivity index (χ2n) is 1.74. The van der Waals surface area contributed by atoms with Crippen molar-refractivity contribution < 1.29 is 9.53 Å². The van der Waals surface area contributed by atoms with Crippen LogP contribution in [-0.2, 0) is 4.74 Å². The molecule has 1 unspecified atom stereocenters. The van der Waals surface area contributed by atoms with Gasteiger partial charge in [-0.3, -0.25) is 0 Å². The number of hydrogen-bond acceptors (Lipinski definition) is 2. The molecule has 0 spiro atoms. The van der Waals surface area contributed by atoms with Gasteiger partial charge in [-0.05, 0) is 6.08 Å². The molecule has 1 aliphatic rings. The normalized spacial score (nSPS) is 23.3. The molecule has 50 valence electrons. The van der Waals surface area contributed by atoms with Crippen LogP contribution in [-0.4, -0.2) is 12.3 Å². The molecular weight excluding hydrogens is 120 g/mol. The van der Waals surface area contributed by atoms with Gasteiger partial charge in [0.25, 0.3) is 0 Å². The molecule has 9 heavy (non-hydrogen) atoms. The second kappa shape index (κ2) is 2.39. The SMILES string of the molecule is NC(=O)NC1CC=CO1. The Kier molecular flexibility index (Phi) is 1.58. The first-order chi connectivity index (χ1) is 4.29. The lowest BCUT2D eigenvalue weighted by atomic mass is 10.4. The van der Waals surface area contributed by atoms with Crippen LogP contribution in [0.2, 0.25) is 0 Å². The van der Waals surface area contributed by atoms with E-state index in [1.807, 2.05) is 6.08 Å². The van der Waals surface area contributed by atoms with Crippen molar-refractivity contribution >= 4 is 6.03 Å². The van der Waals surface area contributed by atoms with Gasteiger partial charge in [0.2, 0.25) is 0 Å². The van der Waals surface area contributed by atoms with Gasteiger partial charge in [0.1, 0.15) is 0 Å². The fraction of sp³-hybridized carbons (Fsp3) is 0.400. The van der Waals surface area contributed by atoms with Crippen molar-refractivity contribution in [3.05, 3.63) is 12.3 Å². The van der Waals surface area contributed by atoms with Gasteiger partial charge in [-0.15, -0.1) is 0 Å². The van der Waals surface area contributed by atoms with E-state index in [0.29, 0.717) is 6.42 Å². The van der Waals surface area contributed by atoms with Crippen molar-refractivity contribution in [2.45, 2.75) is 12.6 Å². The third-order valence-corrected chi connectivity index (χ3v) is 0.992. The van der Waals surface area contributed by atoms with E-state index in [4.69, 9.17) is 10.5 Å². The Hall–Kier alpha value is -1.19. The summed E-state index contributed by atoms with van der Waals surface area (Å²) in [5.41, 5.74) is 4.81. The van der Waals surface area contributed by atoms with E-state index in [2.05, 4.69) is 5.32 Å². The third-order valence-electron chi connectivity index (χ3n) is 0.992. The topological polar surface area (TPSA) is 64.4 Å². The van der Waals surface area contributed by atoms with Crippen LogP contribution in [0.5, 0.6) is 0 Å². The van der Waals surface area contributed by atoms with Gasteiger partial charge in [-0.2, -0.15) is 0 Å². The molecule has 0 fully saturated rings. The molecule has 3 N–H and O–H groups in total. The Morgan fingerprint density at radius 1 is 1.89 bits per heavy atom. The lowest BCUT2D eigenvalue weighted by Crippen LogP contribution is -2.37. The van der Waals surface area contributed by atoms with E-state index in [0.717, 1.165) is 0 Å². The summed E-state index contributed by atoms with van der Waals surface area (Å²) in [4.78, 5) is 10.2. The smallest absolute Gasteiger partial charge is 0.315 e. The van der Waals surface area contributed by atoms with Crippen LogP contribution in [0.4, 0.5) is 4.79 Å². The monoisotopic (exact) mass is 128 g/mol. The molecule has 1 rings (SSSR count). The van der Waals surface area contributed by atoms with Crippen LogP contribution < -0.4 is 11.1 Å². The Morgan fingerprint density at radius 3 is 3.11 bits per heavy atom. The van der Waals surface area contributed by atoms with Crippen molar-refractivity contribution in [2.24, 2.45) is 5.73 Å². The van der Waals surface area contributed by atoms with E-state index in [1.165, 1.54) is 0 Å². The number of nitrogens with one attached hydrogen (secondary N) is 1. The van der Waals surface area contributed by atoms with Crippen molar-refractivity contribution in [1.82, 2.24) is 5.32 Å². The summed E-state index contributed by atoms with van der Waals surface area (Å²) < 4.78 is 4.87. The van der Waals surface area contributed by atoms with Crippen molar-refractivity contribution in [1.29, 1.82) is 0 Å². The summed E-state index contributed by atoms with van der Waals surface area (Å²) >= 11 is 0. The van der Waals surface area contributed by atoms with E-state index in [-0.39, 0.29) is 6.23 Å². The molecule has 1 atom stereocenters. The van der Waals surface area contributed by atoms with Gasteiger partial charge >= 0.3 is 6.03 Å². The minimum absolute atomic E-state index is 0.248. The quantitative estimate of drug-likeness (QED) is 0.518. The van der Waals surface area contributed by atoms with E-state index in [9.17, 15) is 4.79 Å². The third kappa shape index (κ3) is 1.64. The molecule has 1 heterocycles. The van der Waals surface area contributed by atoms with Crippen LogP contribution in [0.25, 0.3) is 0 Å². The molecule has 0 aromatic carbocycles. The molecule has 0 bridgehead atoms. The molecule has 0 saturated carbocycles. The molecular formula is C5H8N2O2. The molecule has 0 aliphatic carbocycles. The van der Waals surface area contributed by atoms with E-state index < -0.39 is 6.03 Å². The average Bonchev–Trinajstić information content (AvgIpc) is 2.15. The maximum Gasteiger partial charge on any atom is 0.315 e. The summed E-state index contributed by atoms with van der Waals surface area (Å²) in [6.45, 7) is 0. The average molecular weight is 128 g/mol. The number of carbonyl (C=O) groups excluding carboxylic acids is 1. The summed E-state index contributed by atoms with van der Waals surface area (Å²) in [7, 11) is 0. The fourth-order valence-electron chi connectivity index (χ4n) is 0.637. The van der Waals surface area contributed by atoms with Gasteiger partial charge in [-0.1, -0.05) is 0 Å². The van der Waals surface area contributed by atoms with Crippen LogP contribution in [0.1, 0.15) is 6.42 Å². The maximum absolute atomic E-state index is 10.2. The molecule has 4 heteroatoms. The number of hydrogen-bond donors (Lipinski definition) is 2. The summed E-state index contributed by atoms with van der Waals surface area (Å²) in [5, 5.41) is 2.40. The Bertz CT molecular complexity index is 136. The zero-order valence-electron chi connectivity index (χ0n) is 4.83. The zero-order valence-corrected chi connectivity index (χ0v) is 4.83. The minimum Gasteiger partial charge on any atom is -0.478 e. The number of nitrogens with two attached hydrogens (primary N) is 1. The first-order valence-electron chi connectivity index (χ1n) is 2.65. The van der Waals surface area contributed by atoms with E-state index in [1.54, 1.807) is 6.26 Å². The summed E-state index contributed by atoms with van der Waals surface area (Å²) in [6, 6.07) is -0.552. The van der Waals surface area contributed by atoms with Crippen molar-refractivity contribution in [3.8, 4) is 0 Å². The summed E-state index contributed by atoms with van der Waals surface area (Å²) in [5.74, 6) is 0. The number of urea groups is 1. The van der Waals surface area contributed by atoms with Crippen molar-refractivity contribution in [2.75, 3.05) is 0 Å². The predicted octanol–water partition coefficient (Wildman–Crippen LogP) is -0.0852. The molecule has 0 aromatic rings. The van der Waals surface area contributed by atoms with Gasteiger partial charge < -0.3 is 15.8 Å². The highest BCUT2D eigenvalue weighted by atomic mass is 16.5. The highest BCUT2D eigenvalue weighted by molar-refractivity contribution is 5.71. The standard InChI is InChI=1S/C5H8N2O2/c6-5(8)7-4-2-1-3-9-4/h1,3-4H,2H2,(H3,6,7,8). The minimum atomic E-state index is -0.552. The first kappa shape index (κ1) is 5.94. The van der Waals surface area contributed by atoms with Crippen LogP contribution in [0.3, 0.4) is 0 Å². The summed E-state index contributed by atoms with van der Waals surface area (Å²) in [6.07, 6.45) is 3.81. The second-order valence-corrected chi connectivity index (χ2v) is 1.74. The number of amides is 2. The highest BCUT2D eigenvalue weighted by Crippen LogP contribution is 2.03. The molecule has 1 aliphatic heterocycles. The zero-order chi connectivity index (χ0) is 6.69. The Morgan fingerprint density at radius 2 is 2.67 bits per heavy atom. The van der Waals surface area contributed by atoms with Gasteiger partial charge in [0.15, 0.2) is 6.23 Å². The van der Waals surface area contributed by atoms with Crippen LogP contribution in [0.15, 0.2) is 12.3 Å². The van der Waals surface area contributed by atoms with Gasteiger partial charge in [0.05, 0.1) is 6.26 Å². The van der Waals surface area contributed by atoms with Crippen LogP contribution in [0, 0.1) is 0 Å². The van der Waals surface area contributed by atoms with E-state index >= 15 is 0 Å². The molecule has 0 saturated heterocycles. The lowest BCUT2D eigenvalue weighted by molar-refractivity contribution is 0.142. The van der Waals surface area contributed by atoms with Gasteiger partial charge in [-0.25, -0.2) is 4.79 Å². The number of ether oxygens (including phenoxy) is 1.